The SMILES string of the molecule is Cc1c(Cl)cccc1NC(=O)[C@@H](C)N1CCC[C@H](C(=O)Nc2ccccc2)C1. The molecule has 0 aromatic heterocycles. The minimum atomic E-state index is -0.328. The third-order valence-corrected chi connectivity index (χ3v) is 5.73. The molecular weight excluding hydrogens is 374 g/mol. The Morgan fingerprint density at radius 1 is 1.11 bits per heavy atom. The molecule has 2 N–H and O–H groups in total. The summed E-state index contributed by atoms with van der Waals surface area (Å²) in [5.74, 6) is -0.208. The maximum Gasteiger partial charge on any atom is 0.241 e. The molecular formula is C22H26ClN3O2. The molecule has 0 unspecified atom stereocenters. The van der Waals surface area contributed by atoms with E-state index in [1.807, 2.05) is 56.3 Å². The van der Waals surface area contributed by atoms with Crippen LogP contribution in [0.5, 0.6) is 0 Å². The number of anilines is 2. The van der Waals surface area contributed by atoms with Gasteiger partial charge in [-0.3, -0.25) is 14.5 Å². The summed E-state index contributed by atoms with van der Waals surface area (Å²) in [5.41, 5.74) is 2.37. The minimum absolute atomic E-state index is 0.00851. The van der Waals surface area contributed by atoms with E-state index in [4.69, 9.17) is 11.6 Å². The predicted octanol–water partition coefficient (Wildman–Crippen LogP) is 4.33. The van der Waals surface area contributed by atoms with Gasteiger partial charge in [0.05, 0.1) is 12.0 Å². The fourth-order valence-electron chi connectivity index (χ4n) is 3.48. The van der Waals surface area contributed by atoms with Crippen molar-refractivity contribution >= 4 is 34.8 Å². The van der Waals surface area contributed by atoms with Crippen molar-refractivity contribution in [3.63, 3.8) is 0 Å². The second-order valence-corrected chi connectivity index (χ2v) is 7.67. The average molecular weight is 400 g/mol. The molecule has 5 nitrogen and oxygen atoms in total. The van der Waals surface area contributed by atoms with Gasteiger partial charge in [0.2, 0.25) is 11.8 Å². The van der Waals surface area contributed by atoms with E-state index in [-0.39, 0.29) is 23.8 Å². The minimum Gasteiger partial charge on any atom is -0.326 e. The molecule has 3 rings (SSSR count). The zero-order chi connectivity index (χ0) is 20.1. The van der Waals surface area contributed by atoms with Crippen LogP contribution in [0.25, 0.3) is 0 Å². The predicted molar refractivity (Wildman–Crippen MR) is 114 cm³/mol. The van der Waals surface area contributed by atoms with Crippen LogP contribution in [0.4, 0.5) is 11.4 Å². The molecule has 2 amide bonds. The van der Waals surface area contributed by atoms with E-state index in [1.54, 1.807) is 6.07 Å². The van der Waals surface area contributed by atoms with Gasteiger partial charge in [-0.2, -0.15) is 0 Å². The highest BCUT2D eigenvalue weighted by Crippen LogP contribution is 2.24. The Labute approximate surface area is 171 Å². The van der Waals surface area contributed by atoms with Crippen LogP contribution in [0, 0.1) is 12.8 Å². The maximum absolute atomic E-state index is 12.7. The summed E-state index contributed by atoms with van der Waals surface area (Å²) < 4.78 is 0. The van der Waals surface area contributed by atoms with Crippen molar-refractivity contribution in [1.82, 2.24) is 4.90 Å². The highest BCUT2D eigenvalue weighted by molar-refractivity contribution is 6.31. The Balaban J connectivity index is 1.60. The smallest absolute Gasteiger partial charge is 0.241 e. The summed E-state index contributed by atoms with van der Waals surface area (Å²) in [6.45, 7) is 5.14. The van der Waals surface area contributed by atoms with E-state index in [2.05, 4.69) is 15.5 Å². The first-order chi connectivity index (χ1) is 13.5. The van der Waals surface area contributed by atoms with E-state index < -0.39 is 0 Å². The lowest BCUT2D eigenvalue weighted by Crippen LogP contribution is -2.49. The van der Waals surface area contributed by atoms with Gasteiger partial charge < -0.3 is 10.6 Å². The van der Waals surface area contributed by atoms with Gasteiger partial charge in [-0.15, -0.1) is 0 Å². The number of carbonyl (C=O) groups is 2. The first-order valence-corrected chi connectivity index (χ1v) is 9.99. The molecule has 0 saturated carbocycles. The van der Waals surface area contributed by atoms with Crippen molar-refractivity contribution in [3.05, 3.63) is 59.1 Å². The quantitative estimate of drug-likeness (QED) is 0.786. The molecule has 6 heteroatoms. The first kappa shape index (κ1) is 20.4. The zero-order valence-electron chi connectivity index (χ0n) is 16.2. The largest absolute Gasteiger partial charge is 0.326 e. The molecule has 0 spiro atoms. The number of halogens is 1. The van der Waals surface area contributed by atoms with Crippen LogP contribution < -0.4 is 10.6 Å². The van der Waals surface area contributed by atoms with Gasteiger partial charge in [0.1, 0.15) is 0 Å². The van der Waals surface area contributed by atoms with Crippen molar-refractivity contribution in [3.8, 4) is 0 Å². The molecule has 28 heavy (non-hydrogen) atoms. The lowest BCUT2D eigenvalue weighted by molar-refractivity contribution is -0.125. The van der Waals surface area contributed by atoms with Crippen LogP contribution in [0.1, 0.15) is 25.3 Å². The number of rotatable bonds is 5. The molecule has 0 aliphatic carbocycles. The lowest BCUT2D eigenvalue weighted by atomic mass is 9.95. The van der Waals surface area contributed by atoms with Gasteiger partial charge in [0.15, 0.2) is 0 Å². The van der Waals surface area contributed by atoms with Crippen LogP contribution in [-0.4, -0.2) is 35.8 Å². The van der Waals surface area contributed by atoms with Gasteiger partial charge in [-0.25, -0.2) is 0 Å². The molecule has 1 aliphatic heterocycles. The Hall–Kier alpha value is -2.37. The van der Waals surface area contributed by atoms with Crippen LogP contribution in [0.2, 0.25) is 5.02 Å². The van der Waals surface area contributed by atoms with Crippen LogP contribution >= 0.6 is 11.6 Å². The van der Waals surface area contributed by atoms with Gasteiger partial charge in [-0.1, -0.05) is 35.9 Å². The Morgan fingerprint density at radius 3 is 2.61 bits per heavy atom. The van der Waals surface area contributed by atoms with Gasteiger partial charge in [-0.05, 0) is 63.1 Å². The summed E-state index contributed by atoms with van der Waals surface area (Å²) in [5, 5.41) is 6.57. The van der Waals surface area contributed by atoms with Gasteiger partial charge in [0.25, 0.3) is 0 Å². The summed E-state index contributed by atoms with van der Waals surface area (Å²) in [6, 6.07) is 14.6. The normalized spacial score (nSPS) is 18.3. The highest BCUT2D eigenvalue weighted by Gasteiger charge is 2.31. The molecule has 1 saturated heterocycles. The number of nitrogens with zero attached hydrogens (tertiary/aromatic N) is 1. The summed E-state index contributed by atoms with van der Waals surface area (Å²) in [6.07, 6.45) is 1.72. The Morgan fingerprint density at radius 2 is 1.86 bits per heavy atom. The van der Waals surface area contributed by atoms with Gasteiger partial charge in [0, 0.05) is 22.9 Å². The van der Waals surface area contributed by atoms with E-state index in [1.165, 1.54) is 0 Å². The van der Waals surface area contributed by atoms with Crippen molar-refractivity contribution in [2.45, 2.75) is 32.7 Å². The second-order valence-electron chi connectivity index (χ2n) is 7.27. The number of nitrogens with one attached hydrogen (secondary N) is 2. The molecule has 1 aliphatic rings. The first-order valence-electron chi connectivity index (χ1n) is 9.61. The van der Waals surface area contributed by atoms with Crippen molar-refractivity contribution in [2.24, 2.45) is 5.92 Å². The number of para-hydroxylation sites is 1. The maximum atomic E-state index is 12.7. The van der Waals surface area contributed by atoms with E-state index in [0.29, 0.717) is 11.6 Å². The monoisotopic (exact) mass is 399 g/mol. The molecule has 148 valence electrons. The molecule has 2 aromatic rings. The summed E-state index contributed by atoms with van der Waals surface area (Å²) in [7, 11) is 0. The zero-order valence-corrected chi connectivity index (χ0v) is 17.0. The standard InChI is InChI=1S/C22H26ClN3O2/c1-15-19(23)11-6-12-20(15)25-21(27)16(2)26-13-7-8-17(14-26)22(28)24-18-9-4-3-5-10-18/h3-6,9-12,16-17H,7-8,13-14H2,1-2H3,(H,24,28)(H,25,27)/t16-,17+/m1/s1. The van der Waals surface area contributed by atoms with E-state index in [9.17, 15) is 9.59 Å². The molecule has 2 aromatic carbocycles. The van der Waals surface area contributed by atoms with E-state index >= 15 is 0 Å². The third kappa shape index (κ3) is 4.91. The van der Waals surface area contributed by atoms with Crippen molar-refractivity contribution in [2.75, 3.05) is 23.7 Å². The number of benzene rings is 2. The number of carbonyl (C=O) groups excluding carboxylic acids is 2. The van der Waals surface area contributed by atoms with E-state index in [0.717, 1.165) is 36.3 Å². The fourth-order valence-corrected chi connectivity index (χ4v) is 3.66. The molecule has 1 fully saturated rings. The molecule has 1 heterocycles. The molecule has 0 bridgehead atoms. The summed E-state index contributed by atoms with van der Waals surface area (Å²) in [4.78, 5) is 27.4. The topological polar surface area (TPSA) is 61.4 Å². The molecule has 0 radical (unpaired) electrons. The Bertz CT molecular complexity index is 841. The number of piperidine rings is 1. The second kappa shape index (κ2) is 9.22. The van der Waals surface area contributed by atoms with Gasteiger partial charge >= 0.3 is 0 Å². The Kier molecular flexibility index (Phi) is 6.70. The molecule has 2 atom stereocenters. The number of hydrogen-bond acceptors (Lipinski definition) is 3. The number of likely N-dealkylation sites (tertiary alicyclic amines) is 1. The van der Waals surface area contributed by atoms with Crippen molar-refractivity contribution in [1.29, 1.82) is 0 Å². The lowest BCUT2D eigenvalue weighted by Gasteiger charge is -2.35. The fraction of sp³-hybridized carbons (Fsp3) is 0.364. The number of hydrogen-bond donors (Lipinski definition) is 2. The third-order valence-electron chi connectivity index (χ3n) is 5.32. The van der Waals surface area contributed by atoms with Crippen molar-refractivity contribution < 1.29 is 9.59 Å². The average Bonchev–Trinajstić information content (AvgIpc) is 2.71. The highest BCUT2D eigenvalue weighted by atomic mass is 35.5. The summed E-state index contributed by atoms with van der Waals surface area (Å²) >= 11 is 6.14. The van der Waals surface area contributed by atoms with Crippen LogP contribution in [-0.2, 0) is 9.59 Å². The van der Waals surface area contributed by atoms with Crippen LogP contribution in [0.15, 0.2) is 48.5 Å². The van der Waals surface area contributed by atoms with Crippen LogP contribution in [0.3, 0.4) is 0 Å². The number of amides is 2.